The molecule has 0 spiro atoms. The Hall–Kier alpha value is -3.39. The second-order valence-electron chi connectivity index (χ2n) is 5.42. The molecule has 5 nitrogen and oxygen atoms in total. The van der Waals surface area contributed by atoms with E-state index in [1.807, 2.05) is 42.5 Å². The van der Waals surface area contributed by atoms with Gasteiger partial charge in [-0.05, 0) is 35.2 Å². The first-order valence-corrected chi connectivity index (χ1v) is 7.22. The Bertz CT molecular complexity index is 1130. The zero-order valence-corrected chi connectivity index (χ0v) is 12.2. The summed E-state index contributed by atoms with van der Waals surface area (Å²) in [5, 5.41) is 14.2. The molecule has 0 saturated carbocycles. The number of H-pyrrole nitrogens is 1. The molecule has 3 aromatic heterocycles. The van der Waals surface area contributed by atoms with Crippen molar-refractivity contribution in [2.24, 2.45) is 0 Å². The maximum atomic E-state index is 12.2. The van der Waals surface area contributed by atoms with Crippen LogP contribution in [0.3, 0.4) is 0 Å². The van der Waals surface area contributed by atoms with Gasteiger partial charge < -0.3 is 4.98 Å². The largest absolute Gasteiger partial charge is 0.322 e. The van der Waals surface area contributed by atoms with E-state index in [-0.39, 0.29) is 5.56 Å². The Balaban J connectivity index is 1.80. The highest BCUT2D eigenvalue weighted by Crippen LogP contribution is 2.16. The predicted molar refractivity (Wildman–Crippen MR) is 87.3 cm³/mol. The minimum absolute atomic E-state index is 0.0856. The van der Waals surface area contributed by atoms with Gasteiger partial charge >= 0.3 is 0 Å². The molecule has 4 rings (SSSR count). The summed E-state index contributed by atoms with van der Waals surface area (Å²) in [5.74, 6) is 0. The molecule has 0 saturated heterocycles. The smallest absolute Gasteiger partial charge is 0.251 e. The van der Waals surface area contributed by atoms with E-state index in [0.29, 0.717) is 17.5 Å². The number of aromatic amines is 1. The van der Waals surface area contributed by atoms with Crippen LogP contribution in [0.15, 0.2) is 59.7 Å². The van der Waals surface area contributed by atoms with Crippen LogP contribution in [0.25, 0.3) is 16.4 Å². The van der Waals surface area contributed by atoms with Gasteiger partial charge in [-0.25, -0.2) is 4.52 Å². The molecule has 0 amide bonds. The van der Waals surface area contributed by atoms with Crippen molar-refractivity contribution < 1.29 is 0 Å². The van der Waals surface area contributed by atoms with Crippen LogP contribution in [-0.2, 0) is 6.42 Å². The van der Waals surface area contributed by atoms with Crippen molar-refractivity contribution in [3.8, 4) is 6.07 Å². The first-order chi connectivity index (χ1) is 11.2. The predicted octanol–water partition coefficient (Wildman–Crippen LogP) is 2.64. The lowest BCUT2D eigenvalue weighted by atomic mass is 10.0. The van der Waals surface area contributed by atoms with Crippen LogP contribution >= 0.6 is 0 Å². The van der Waals surface area contributed by atoms with Gasteiger partial charge in [0.2, 0.25) is 0 Å². The fourth-order valence-corrected chi connectivity index (χ4v) is 2.76. The van der Waals surface area contributed by atoms with E-state index in [1.54, 1.807) is 16.9 Å². The maximum absolute atomic E-state index is 12.2. The summed E-state index contributed by atoms with van der Waals surface area (Å²) < 4.78 is 1.66. The summed E-state index contributed by atoms with van der Waals surface area (Å²) in [7, 11) is 0. The van der Waals surface area contributed by atoms with E-state index in [1.165, 1.54) is 0 Å². The lowest BCUT2D eigenvalue weighted by molar-refractivity contribution is 0.953. The van der Waals surface area contributed by atoms with Gasteiger partial charge in [0, 0.05) is 23.7 Å². The number of nitrogens with one attached hydrogen (secondary N) is 1. The molecule has 0 atom stereocenters. The first kappa shape index (κ1) is 13.3. The number of hydrogen-bond donors (Lipinski definition) is 1. The van der Waals surface area contributed by atoms with E-state index in [4.69, 9.17) is 5.26 Å². The number of pyridine rings is 2. The van der Waals surface area contributed by atoms with Crippen LogP contribution in [0.5, 0.6) is 0 Å². The topological polar surface area (TPSA) is 74.0 Å². The lowest BCUT2D eigenvalue weighted by Crippen LogP contribution is -2.12. The number of fused-ring (bicyclic) bond motifs is 2. The molecule has 23 heavy (non-hydrogen) atoms. The third-order valence-electron chi connectivity index (χ3n) is 3.93. The van der Waals surface area contributed by atoms with Gasteiger partial charge in [0.05, 0.1) is 17.3 Å². The average Bonchev–Trinajstić information content (AvgIpc) is 2.98. The first-order valence-electron chi connectivity index (χ1n) is 7.22. The van der Waals surface area contributed by atoms with E-state index < -0.39 is 0 Å². The molecular weight excluding hydrogens is 288 g/mol. The van der Waals surface area contributed by atoms with Gasteiger partial charge in [-0.2, -0.15) is 10.4 Å². The number of para-hydroxylation sites is 1. The van der Waals surface area contributed by atoms with Crippen molar-refractivity contribution in [2.75, 3.05) is 0 Å². The van der Waals surface area contributed by atoms with Crippen molar-refractivity contribution in [1.82, 2.24) is 14.6 Å². The Morgan fingerprint density at radius 3 is 2.96 bits per heavy atom. The summed E-state index contributed by atoms with van der Waals surface area (Å²) >= 11 is 0. The fraction of sp³-hybridized carbons (Fsp3) is 0.0556. The third kappa shape index (κ3) is 2.27. The molecule has 0 unspecified atom stereocenters. The van der Waals surface area contributed by atoms with Gasteiger partial charge in [0.1, 0.15) is 6.07 Å². The normalized spacial score (nSPS) is 10.9. The number of aromatic nitrogens is 3. The second kappa shape index (κ2) is 5.11. The summed E-state index contributed by atoms with van der Waals surface area (Å²) in [6.07, 6.45) is 3.86. The SMILES string of the molecule is N#Cc1cnn2ccc(Cc3cc4ccccc4[nH]c3=O)cc12. The monoisotopic (exact) mass is 300 g/mol. The zero-order chi connectivity index (χ0) is 15.8. The minimum atomic E-state index is -0.0856. The summed E-state index contributed by atoms with van der Waals surface area (Å²) in [6.45, 7) is 0. The van der Waals surface area contributed by atoms with Gasteiger partial charge in [-0.15, -0.1) is 0 Å². The number of nitriles is 1. The Labute approximate surface area is 131 Å². The standard InChI is InChI=1S/C18H12N4O/c19-10-15-11-20-22-6-5-12(8-17(15)22)7-14-9-13-3-1-2-4-16(13)21-18(14)23/h1-6,8-9,11H,7H2,(H,21,23). The molecule has 110 valence electrons. The van der Waals surface area contributed by atoms with Crippen LogP contribution in [0, 0.1) is 11.3 Å². The van der Waals surface area contributed by atoms with Gasteiger partial charge in [-0.3, -0.25) is 4.79 Å². The van der Waals surface area contributed by atoms with Crippen LogP contribution in [0.2, 0.25) is 0 Å². The van der Waals surface area contributed by atoms with Crippen LogP contribution in [-0.4, -0.2) is 14.6 Å². The van der Waals surface area contributed by atoms with E-state index in [0.717, 1.165) is 22.0 Å². The van der Waals surface area contributed by atoms with Crippen LogP contribution in [0.1, 0.15) is 16.7 Å². The van der Waals surface area contributed by atoms with Crippen LogP contribution < -0.4 is 5.56 Å². The van der Waals surface area contributed by atoms with Gasteiger partial charge in [0.25, 0.3) is 5.56 Å². The molecule has 0 aliphatic carbocycles. The van der Waals surface area contributed by atoms with Gasteiger partial charge in [0.15, 0.2) is 0 Å². The molecule has 5 heteroatoms. The van der Waals surface area contributed by atoms with E-state index in [9.17, 15) is 4.79 Å². The van der Waals surface area contributed by atoms with E-state index >= 15 is 0 Å². The van der Waals surface area contributed by atoms with Crippen molar-refractivity contribution in [3.63, 3.8) is 0 Å². The van der Waals surface area contributed by atoms with Gasteiger partial charge in [-0.1, -0.05) is 18.2 Å². The summed E-state index contributed by atoms with van der Waals surface area (Å²) in [6, 6.07) is 15.6. The Morgan fingerprint density at radius 1 is 1.22 bits per heavy atom. The molecule has 1 N–H and O–H groups in total. The molecular formula is C18H12N4O. The quantitative estimate of drug-likeness (QED) is 0.618. The number of hydrogen-bond acceptors (Lipinski definition) is 3. The zero-order valence-electron chi connectivity index (χ0n) is 12.2. The Morgan fingerprint density at radius 2 is 2.09 bits per heavy atom. The summed E-state index contributed by atoms with van der Waals surface area (Å²) in [4.78, 5) is 15.2. The van der Waals surface area contributed by atoms with Crippen molar-refractivity contribution >= 4 is 16.4 Å². The van der Waals surface area contributed by atoms with Crippen LogP contribution in [0.4, 0.5) is 0 Å². The molecule has 4 aromatic rings. The molecule has 0 fully saturated rings. The molecule has 0 bridgehead atoms. The highest BCUT2D eigenvalue weighted by molar-refractivity contribution is 5.78. The molecule has 3 heterocycles. The van der Waals surface area contributed by atoms with Crippen molar-refractivity contribution in [1.29, 1.82) is 5.26 Å². The lowest BCUT2D eigenvalue weighted by Gasteiger charge is -2.04. The number of rotatable bonds is 2. The molecule has 0 radical (unpaired) electrons. The highest BCUT2D eigenvalue weighted by Gasteiger charge is 2.07. The average molecular weight is 300 g/mol. The van der Waals surface area contributed by atoms with Crippen molar-refractivity contribution in [2.45, 2.75) is 6.42 Å². The van der Waals surface area contributed by atoms with E-state index in [2.05, 4.69) is 16.2 Å². The third-order valence-corrected chi connectivity index (χ3v) is 3.93. The molecule has 0 aliphatic heterocycles. The number of benzene rings is 1. The highest BCUT2D eigenvalue weighted by atomic mass is 16.1. The fourth-order valence-electron chi connectivity index (χ4n) is 2.76. The number of nitrogens with zero attached hydrogens (tertiary/aromatic N) is 3. The molecule has 0 aliphatic rings. The second-order valence-corrected chi connectivity index (χ2v) is 5.42. The molecule has 1 aromatic carbocycles. The Kier molecular flexibility index (Phi) is 2.95. The maximum Gasteiger partial charge on any atom is 0.251 e. The summed E-state index contributed by atoms with van der Waals surface area (Å²) in [5.41, 5.74) is 3.69. The minimum Gasteiger partial charge on any atom is -0.322 e. The van der Waals surface area contributed by atoms with Crippen molar-refractivity contribution in [3.05, 3.63) is 81.9 Å².